The van der Waals surface area contributed by atoms with Crippen LogP contribution in [0.1, 0.15) is 38.2 Å². The highest BCUT2D eigenvalue weighted by atomic mass is 35.5. The highest BCUT2D eigenvalue weighted by molar-refractivity contribution is 6.32. The maximum absolute atomic E-state index is 8.47. The molecule has 19 heavy (non-hydrogen) atoms. The van der Waals surface area contributed by atoms with Crippen LogP contribution in [0.15, 0.2) is 18.2 Å². The molecule has 0 saturated heterocycles. The molecular weight excluding hydrogens is 260 g/mol. The lowest BCUT2D eigenvalue weighted by Gasteiger charge is -2.15. The number of para-hydroxylation sites is 1. The molecule has 0 spiro atoms. The van der Waals surface area contributed by atoms with E-state index in [1.807, 2.05) is 18.2 Å². The van der Waals surface area contributed by atoms with E-state index in [9.17, 15) is 0 Å². The zero-order valence-electron chi connectivity index (χ0n) is 11.4. The molecule has 0 radical (unpaired) electrons. The van der Waals surface area contributed by atoms with Crippen molar-refractivity contribution in [2.75, 3.05) is 6.61 Å². The predicted octanol–water partition coefficient (Wildman–Crippen LogP) is 3.69. The van der Waals surface area contributed by atoms with Gasteiger partial charge in [0.2, 0.25) is 0 Å². The molecule has 0 bridgehead atoms. The topological polar surface area (TPSA) is 59.0 Å². The third kappa shape index (κ3) is 5.50. The van der Waals surface area contributed by atoms with E-state index in [-0.39, 0.29) is 6.04 Å². The fourth-order valence-corrected chi connectivity index (χ4v) is 2.03. The minimum Gasteiger partial charge on any atom is -0.492 e. The van der Waals surface area contributed by atoms with Crippen LogP contribution in [0.4, 0.5) is 0 Å². The van der Waals surface area contributed by atoms with Gasteiger partial charge in [-0.15, -0.1) is 0 Å². The largest absolute Gasteiger partial charge is 0.492 e. The van der Waals surface area contributed by atoms with Crippen LogP contribution in [0.25, 0.3) is 0 Å². The van der Waals surface area contributed by atoms with Crippen molar-refractivity contribution in [3.63, 3.8) is 0 Å². The summed E-state index contributed by atoms with van der Waals surface area (Å²) in [5, 5.41) is 9.10. The van der Waals surface area contributed by atoms with Crippen LogP contribution in [0.3, 0.4) is 0 Å². The van der Waals surface area contributed by atoms with Crippen molar-refractivity contribution in [2.45, 2.75) is 45.1 Å². The molecular formula is C15H21ClN2O. The second-order valence-electron chi connectivity index (χ2n) is 4.56. The minimum absolute atomic E-state index is 0.124. The number of ether oxygens (including phenoxy) is 1. The first-order valence-electron chi connectivity index (χ1n) is 6.71. The van der Waals surface area contributed by atoms with Crippen LogP contribution in [-0.4, -0.2) is 12.6 Å². The van der Waals surface area contributed by atoms with Gasteiger partial charge in [-0.05, 0) is 37.3 Å². The van der Waals surface area contributed by atoms with Crippen molar-refractivity contribution >= 4 is 11.6 Å². The molecule has 0 aromatic heterocycles. The van der Waals surface area contributed by atoms with Gasteiger partial charge in [0.15, 0.2) is 0 Å². The van der Waals surface area contributed by atoms with Gasteiger partial charge in [-0.1, -0.05) is 30.7 Å². The second kappa shape index (κ2) is 8.79. The molecule has 0 aliphatic heterocycles. The lowest BCUT2D eigenvalue weighted by atomic mass is 10.0. The van der Waals surface area contributed by atoms with E-state index in [4.69, 9.17) is 27.3 Å². The maximum atomic E-state index is 8.47. The normalized spacial score (nSPS) is 11.9. The Morgan fingerprint density at radius 3 is 2.89 bits per heavy atom. The quantitative estimate of drug-likeness (QED) is 0.739. The van der Waals surface area contributed by atoms with Crippen molar-refractivity contribution in [1.82, 2.24) is 0 Å². The number of nitriles is 1. The molecule has 104 valence electrons. The van der Waals surface area contributed by atoms with Gasteiger partial charge in [0.25, 0.3) is 0 Å². The average molecular weight is 281 g/mol. The highest BCUT2D eigenvalue weighted by Crippen LogP contribution is 2.29. The van der Waals surface area contributed by atoms with Crippen LogP contribution >= 0.6 is 11.6 Å². The maximum Gasteiger partial charge on any atom is 0.141 e. The van der Waals surface area contributed by atoms with Crippen LogP contribution in [0, 0.1) is 11.3 Å². The number of benzene rings is 1. The van der Waals surface area contributed by atoms with Gasteiger partial charge >= 0.3 is 0 Å². The Morgan fingerprint density at radius 1 is 1.42 bits per heavy atom. The van der Waals surface area contributed by atoms with E-state index in [1.165, 1.54) is 0 Å². The van der Waals surface area contributed by atoms with Gasteiger partial charge in [0.1, 0.15) is 5.75 Å². The number of nitrogens with two attached hydrogens (primary N) is 1. The smallest absolute Gasteiger partial charge is 0.141 e. The van der Waals surface area contributed by atoms with Gasteiger partial charge in [-0.25, -0.2) is 0 Å². The fraction of sp³-hybridized carbons (Fsp3) is 0.533. The zero-order valence-corrected chi connectivity index (χ0v) is 12.1. The Hall–Kier alpha value is -1.24. The SMILES string of the molecule is CCC(N)Cc1cccc(Cl)c1OCCCCC#N. The highest BCUT2D eigenvalue weighted by Gasteiger charge is 2.11. The first-order chi connectivity index (χ1) is 9.19. The van der Waals surface area contributed by atoms with Crippen LogP contribution < -0.4 is 10.5 Å². The average Bonchev–Trinajstić information content (AvgIpc) is 2.41. The van der Waals surface area contributed by atoms with E-state index in [0.29, 0.717) is 18.1 Å². The third-order valence-corrected chi connectivity index (χ3v) is 3.28. The fourth-order valence-electron chi connectivity index (χ4n) is 1.78. The molecule has 1 unspecified atom stereocenters. The lowest BCUT2D eigenvalue weighted by molar-refractivity contribution is 0.304. The minimum atomic E-state index is 0.124. The Morgan fingerprint density at radius 2 is 2.21 bits per heavy atom. The van der Waals surface area contributed by atoms with Crippen LogP contribution in [-0.2, 0) is 6.42 Å². The second-order valence-corrected chi connectivity index (χ2v) is 4.97. The Balaban J connectivity index is 2.62. The van der Waals surface area contributed by atoms with Crippen molar-refractivity contribution in [3.05, 3.63) is 28.8 Å². The standard InChI is InChI=1S/C15H21ClN2O/c1-2-13(18)11-12-7-6-8-14(16)15(12)19-10-5-3-4-9-17/h6-8,13H,2-5,10-11,18H2,1H3. The van der Waals surface area contributed by atoms with Crippen molar-refractivity contribution in [2.24, 2.45) is 5.73 Å². The van der Waals surface area contributed by atoms with Gasteiger partial charge in [-0.2, -0.15) is 5.26 Å². The summed E-state index contributed by atoms with van der Waals surface area (Å²) in [5.41, 5.74) is 7.04. The molecule has 0 aliphatic carbocycles. The van der Waals surface area contributed by atoms with E-state index in [2.05, 4.69) is 13.0 Å². The molecule has 0 amide bonds. The van der Waals surface area contributed by atoms with Gasteiger partial charge < -0.3 is 10.5 Å². The Labute approximate surface area is 120 Å². The van der Waals surface area contributed by atoms with Crippen molar-refractivity contribution in [3.8, 4) is 11.8 Å². The first-order valence-corrected chi connectivity index (χ1v) is 7.09. The molecule has 1 rings (SSSR count). The molecule has 0 saturated carbocycles. The predicted molar refractivity (Wildman–Crippen MR) is 78.4 cm³/mol. The van der Waals surface area contributed by atoms with Gasteiger partial charge in [0, 0.05) is 12.5 Å². The molecule has 1 atom stereocenters. The van der Waals surface area contributed by atoms with E-state index in [0.717, 1.165) is 37.0 Å². The molecule has 2 N–H and O–H groups in total. The Kier molecular flexibility index (Phi) is 7.32. The van der Waals surface area contributed by atoms with Crippen LogP contribution in [0.2, 0.25) is 5.02 Å². The van der Waals surface area contributed by atoms with E-state index >= 15 is 0 Å². The first kappa shape index (κ1) is 15.8. The van der Waals surface area contributed by atoms with Crippen molar-refractivity contribution < 1.29 is 4.74 Å². The summed E-state index contributed by atoms with van der Waals surface area (Å²) in [6, 6.07) is 8.00. The number of hydrogen-bond acceptors (Lipinski definition) is 3. The summed E-state index contributed by atoms with van der Waals surface area (Å²) >= 11 is 6.18. The van der Waals surface area contributed by atoms with Crippen molar-refractivity contribution in [1.29, 1.82) is 5.26 Å². The van der Waals surface area contributed by atoms with Gasteiger partial charge in [-0.3, -0.25) is 0 Å². The van der Waals surface area contributed by atoms with E-state index < -0.39 is 0 Å². The van der Waals surface area contributed by atoms with Gasteiger partial charge in [0.05, 0.1) is 17.7 Å². The lowest BCUT2D eigenvalue weighted by Crippen LogP contribution is -2.21. The summed E-state index contributed by atoms with van der Waals surface area (Å²) in [4.78, 5) is 0. The molecule has 3 nitrogen and oxygen atoms in total. The monoisotopic (exact) mass is 280 g/mol. The molecule has 0 aliphatic rings. The molecule has 0 fully saturated rings. The number of hydrogen-bond donors (Lipinski definition) is 1. The molecule has 4 heteroatoms. The number of rotatable bonds is 8. The summed E-state index contributed by atoms with van der Waals surface area (Å²) < 4.78 is 5.76. The Bertz CT molecular complexity index is 429. The number of halogens is 1. The number of unbranched alkanes of at least 4 members (excludes halogenated alkanes) is 2. The zero-order chi connectivity index (χ0) is 14.1. The molecule has 0 heterocycles. The summed E-state index contributed by atoms with van der Waals surface area (Å²) in [5.74, 6) is 0.741. The van der Waals surface area contributed by atoms with Crippen LogP contribution in [0.5, 0.6) is 5.75 Å². The third-order valence-electron chi connectivity index (χ3n) is 2.98. The molecule has 1 aromatic rings. The summed E-state index contributed by atoms with van der Waals surface area (Å²) in [6.45, 7) is 2.65. The van der Waals surface area contributed by atoms with E-state index in [1.54, 1.807) is 0 Å². The number of nitrogens with zero attached hydrogens (tertiary/aromatic N) is 1. The summed E-state index contributed by atoms with van der Waals surface area (Å²) in [6.07, 6.45) is 3.97. The molecule has 1 aromatic carbocycles. The summed E-state index contributed by atoms with van der Waals surface area (Å²) in [7, 11) is 0.